The van der Waals surface area contributed by atoms with Crippen LogP contribution in [0, 0.1) is 0 Å². The number of nitrogens with zero attached hydrogens (tertiary/aromatic N) is 2. The number of fused-ring (bicyclic) bond motifs is 1. The summed E-state index contributed by atoms with van der Waals surface area (Å²) in [6, 6.07) is 15.1. The fourth-order valence-corrected chi connectivity index (χ4v) is 3.64. The van der Waals surface area contributed by atoms with E-state index in [1.165, 1.54) is 0 Å². The van der Waals surface area contributed by atoms with E-state index in [0.29, 0.717) is 17.0 Å². The second kappa shape index (κ2) is 9.25. The summed E-state index contributed by atoms with van der Waals surface area (Å²) in [4.78, 5) is 24.3. The molecule has 1 atom stereocenters. The predicted molar refractivity (Wildman–Crippen MR) is 126 cm³/mol. The largest absolute Gasteiger partial charge is 0.436 e. The van der Waals surface area contributed by atoms with E-state index in [2.05, 4.69) is 25.6 Å². The summed E-state index contributed by atoms with van der Waals surface area (Å²) in [5.74, 6) is 0.976. The summed E-state index contributed by atoms with van der Waals surface area (Å²) < 4.78 is 5.90. The van der Waals surface area contributed by atoms with Crippen LogP contribution in [0.3, 0.4) is 0 Å². The molecule has 9 heteroatoms. The van der Waals surface area contributed by atoms with Crippen LogP contribution in [0.2, 0.25) is 0 Å². The van der Waals surface area contributed by atoms with Gasteiger partial charge in [-0.05, 0) is 48.7 Å². The molecule has 4 aromatic rings. The molecule has 0 bridgehead atoms. The molecule has 0 unspecified atom stereocenters. The smallest absolute Gasteiger partial charge is 0.263 e. The zero-order valence-electron chi connectivity index (χ0n) is 17.2. The Hall–Kier alpha value is -3.62. The SMILES string of the molecule is Cl.Nc1ncc(-c2ccc(C(=O)N[C@@H]3CCNC3)cc2)nc1Oc1ccc2cc[nH]c2c1. The van der Waals surface area contributed by atoms with Gasteiger partial charge in [-0.2, -0.15) is 0 Å². The number of aromatic amines is 1. The number of hydrogen-bond donors (Lipinski definition) is 4. The van der Waals surface area contributed by atoms with Crippen LogP contribution < -0.4 is 21.1 Å². The fourth-order valence-electron chi connectivity index (χ4n) is 3.64. The van der Waals surface area contributed by atoms with E-state index in [-0.39, 0.29) is 36.1 Å². The van der Waals surface area contributed by atoms with Gasteiger partial charge in [0.15, 0.2) is 5.82 Å². The maximum atomic E-state index is 12.4. The van der Waals surface area contributed by atoms with Crippen molar-refractivity contribution in [2.45, 2.75) is 12.5 Å². The number of H-pyrrole nitrogens is 1. The Bertz CT molecular complexity index is 1230. The van der Waals surface area contributed by atoms with Gasteiger partial charge in [0.2, 0.25) is 0 Å². The van der Waals surface area contributed by atoms with E-state index >= 15 is 0 Å². The van der Waals surface area contributed by atoms with E-state index in [1.807, 2.05) is 42.6 Å². The number of nitrogens with two attached hydrogens (primary N) is 1. The number of rotatable bonds is 5. The van der Waals surface area contributed by atoms with Crippen molar-refractivity contribution in [3.63, 3.8) is 0 Å². The minimum absolute atomic E-state index is 0. The number of amides is 1. The molecule has 164 valence electrons. The second-order valence-corrected chi connectivity index (χ2v) is 7.51. The number of carbonyl (C=O) groups is 1. The maximum Gasteiger partial charge on any atom is 0.263 e. The first-order chi connectivity index (χ1) is 15.2. The van der Waals surface area contributed by atoms with Gasteiger partial charge >= 0.3 is 0 Å². The first kappa shape index (κ1) is 21.6. The average molecular weight is 451 g/mol. The molecule has 32 heavy (non-hydrogen) atoms. The number of benzene rings is 2. The third kappa shape index (κ3) is 4.51. The average Bonchev–Trinajstić information content (AvgIpc) is 3.47. The summed E-state index contributed by atoms with van der Waals surface area (Å²) in [6.45, 7) is 1.74. The lowest BCUT2D eigenvalue weighted by Crippen LogP contribution is -2.36. The molecule has 0 saturated carbocycles. The third-order valence-corrected chi connectivity index (χ3v) is 5.35. The minimum atomic E-state index is -0.0765. The highest BCUT2D eigenvalue weighted by Crippen LogP contribution is 2.29. The van der Waals surface area contributed by atoms with E-state index < -0.39 is 0 Å². The molecule has 1 saturated heterocycles. The number of carbonyl (C=O) groups excluding carboxylic acids is 1. The van der Waals surface area contributed by atoms with Gasteiger partial charge in [-0.1, -0.05) is 12.1 Å². The first-order valence-corrected chi connectivity index (χ1v) is 10.2. The highest BCUT2D eigenvalue weighted by atomic mass is 35.5. The van der Waals surface area contributed by atoms with Crippen molar-refractivity contribution < 1.29 is 9.53 Å². The van der Waals surface area contributed by atoms with Gasteiger partial charge in [0, 0.05) is 41.5 Å². The molecule has 0 radical (unpaired) electrons. The lowest BCUT2D eigenvalue weighted by molar-refractivity contribution is 0.0940. The van der Waals surface area contributed by atoms with Gasteiger partial charge in [-0.15, -0.1) is 12.4 Å². The first-order valence-electron chi connectivity index (χ1n) is 10.2. The number of nitrogens with one attached hydrogen (secondary N) is 3. The van der Waals surface area contributed by atoms with Crippen molar-refractivity contribution in [2.24, 2.45) is 0 Å². The van der Waals surface area contributed by atoms with E-state index in [1.54, 1.807) is 18.3 Å². The maximum absolute atomic E-state index is 12.4. The third-order valence-electron chi connectivity index (χ3n) is 5.35. The molecule has 2 aromatic heterocycles. The van der Waals surface area contributed by atoms with Crippen LogP contribution in [0.4, 0.5) is 5.82 Å². The van der Waals surface area contributed by atoms with Crippen LogP contribution in [0.5, 0.6) is 11.6 Å². The quantitative estimate of drug-likeness (QED) is 0.369. The van der Waals surface area contributed by atoms with Gasteiger partial charge in [-0.3, -0.25) is 4.79 Å². The number of ether oxygens (including phenoxy) is 1. The summed E-state index contributed by atoms with van der Waals surface area (Å²) in [5.41, 5.74) is 8.98. The van der Waals surface area contributed by atoms with Crippen molar-refractivity contribution in [1.82, 2.24) is 25.6 Å². The van der Waals surface area contributed by atoms with Gasteiger partial charge < -0.3 is 26.1 Å². The zero-order valence-corrected chi connectivity index (χ0v) is 18.0. The summed E-state index contributed by atoms with van der Waals surface area (Å²) >= 11 is 0. The van der Waals surface area contributed by atoms with Crippen molar-refractivity contribution in [1.29, 1.82) is 0 Å². The molecular formula is C23H23ClN6O2. The summed E-state index contributed by atoms with van der Waals surface area (Å²) in [6.07, 6.45) is 4.41. The zero-order chi connectivity index (χ0) is 21.2. The molecule has 5 N–H and O–H groups in total. The molecule has 0 spiro atoms. The Morgan fingerprint density at radius 1 is 1.16 bits per heavy atom. The molecular weight excluding hydrogens is 428 g/mol. The Labute approximate surface area is 191 Å². The van der Waals surface area contributed by atoms with E-state index in [4.69, 9.17) is 10.5 Å². The number of anilines is 1. The lowest BCUT2D eigenvalue weighted by atomic mass is 10.1. The van der Waals surface area contributed by atoms with Crippen molar-refractivity contribution in [2.75, 3.05) is 18.8 Å². The van der Waals surface area contributed by atoms with Crippen LogP contribution in [-0.2, 0) is 0 Å². The Balaban J connectivity index is 0.00000245. The molecule has 3 heterocycles. The van der Waals surface area contributed by atoms with Gasteiger partial charge in [0.25, 0.3) is 11.8 Å². The molecule has 0 aliphatic carbocycles. The van der Waals surface area contributed by atoms with Crippen LogP contribution in [0.15, 0.2) is 60.9 Å². The Kier molecular flexibility index (Phi) is 6.25. The van der Waals surface area contributed by atoms with E-state index in [0.717, 1.165) is 36.0 Å². The molecule has 5 rings (SSSR count). The van der Waals surface area contributed by atoms with Crippen LogP contribution in [-0.4, -0.2) is 40.0 Å². The summed E-state index contributed by atoms with van der Waals surface area (Å²) in [5, 5.41) is 7.37. The standard InChI is InChI=1S/C23H22N6O2.ClH/c24-21-23(31-18-6-5-15-7-10-26-19(15)11-18)29-20(13-27-21)14-1-3-16(4-2-14)22(30)28-17-8-9-25-12-17;/h1-7,10-11,13,17,25-26H,8-9,12H2,(H2,24,27)(H,28,30);1H/t17-;/m1./s1. The monoisotopic (exact) mass is 450 g/mol. The van der Waals surface area contributed by atoms with E-state index in [9.17, 15) is 4.79 Å². The van der Waals surface area contributed by atoms with Crippen LogP contribution in [0.25, 0.3) is 22.2 Å². The lowest BCUT2D eigenvalue weighted by Gasteiger charge is -2.12. The number of halogens is 1. The van der Waals surface area contributed by atoms with Crippen LogP contribution in [0.1, 0.15) is 16.8 Å². The van der Waals surface area contributed by atoms with Gasteiger partial charge in [-0.25, -0.2) is 9.97 Å². The Morgan fingerprint density at radius 3 is 2.78 bits per heavy atom. The predicted octanol–water partition coefficient (Wildman–Crippen LogP) is 3.51. The molecule has 1 fully saturated rings. The molecule has 1 amide bonds. The molecule has 1 aliphatic rings. The van der Waals surface area contributed by atoms with Crippen molar-refractivity contribution in [3.05, 3.63) is 66.5 Å². The van der Waals surface area contributed by atoms with Gasteiger partial charge in [0.05, 0.1) is 11.9 Å². The highest BCUT2D eigenvalue weighted by Gasteiger charge is 2.17. The minimum Gasteiger partial charge on any atom is -0.436 e. The number of hydrogen-bond acceptors (Lipinski definition) is 6. The van der Waals surface area contributed by atoms with Crippen molar-refractivity contribution >= 4 is 35.0 Å². The summed E-state index contributed by atoms with van der Waals surface area (Å²) in [7, 11) is 0. The normalized spacial score (nSPS) is 15.3. The molecule has 1 aliphatic heterocycles. The Morgan fingerprint density at radius 2 is 2.00 bits per heavy atom. The topological polar surface area (TPSA) is 118 Å². The van der Waals surface area contributed by atoms with Crippen molar-refractivity contribution in [3.8, 4) is 22.9 Å². The highest BCUT2D eigenvalue weighted by molar-refractivity contribution is 5.94. The number of aromatic nitrogens is 3. The fraction of sp³-hybridized carbons (Fsp3) is 0.174. The number of nitrogen functional groups attached to an aromatic ring is 1. The second-order valence-electron chi connectivity index (χ2n) is 7.51. The van der Waals surface area contributed by atoms with Gasteiger partial charge in [0.1, 0.15) is 5.75 Å². The molecule has 2 aromatic carbocycles. The van der Waals surface area contributed by atoms with Crippen LogP contribution >= 0.6 is 12.4 Å². The molecule has 8 nitrogen and oxygen atoms in total.